The second kappa shape index (κ2) is 8.90. The van der Waals surface area contributed by atoms with Gasteiger partial charge in [0.2, 0.25) is 5.91 Å². The number of aliphatic carboxylic acids is 1. The highest BCUT2D eigenvalue weighted by molar-refractivity contribution is 6.01. The van der Waals surface area contributed by atoms with Crippen molar-refractivity contribution < 1.29 is 19.5 Å². The molecule has 154 valence electrons. The number of nitrogens with one attached hydrogen (secondary N) is 2. The highest BCUT2D eigenvalue weighted by Crippen LogP contribution is 2.25. The Hall–Kier alpha value is -3.15. The molecule has 2 rings (SSSR count). The molecule has 0 radical (unpaired) electrons. The molecule has 0 aliphatic rings. The van der Waals surface area contributed by atoms with E-state index in [0.717, 1.165) is 5.56 Å². The lowest BCUT2D eigenvalue weighted by Gasteiger charge is -2.23. The standard InChI is InChI=1S/C23H28N2O4/c1-14(2)19(25-20(26)16-8-6-7-15(3)13-16)21(27)24-18-11-9-17(10-12-18)23(4,5)22(28)29/h6-14,19H,1-5H3,(H,24,27)(H,25,26)(H,28,29). The maximum absolute atomic E-state index is 12.8. The predicted octanol–water partition coefficient (Wildman–Crippen LogP) is 3.75. The van der Waals surface area contributed by atoms with Gasteiger partial charge >= 0.3 is 5.97 Å². The first-order chi connectivity index (χ1) is 13.5. The van der Waals surface area contributed by atoms with E-state index in [1.165, 1.54) is 0 Å². The first-order valence-electron chi connectivity index (χ1n) is 9.54. The lowest BCUT2D eigenvalue weighted by atomic mass is 9.85. The summed E-state index contributed by atoms with van der Waals surface area (Å²) in [7, 11) is 0. The third-order valence-electron chi connectivity index (χ3n) is 4.92. The van der Waals surface area contributed by atoms with Crippen molar-refractivity contribution in [1.82, 2.24) is 5.32 Å². The van der Waals surface area contributed by atoms with Crippen molar-refractivity contribution in [2.45, 2.75) is 46.1 Å². The summed E-state index contributed by atoms with van der Waals surface area (Å²) in [5.74, 6) is -1.67. The molecule has 2 aromatic rings. The van der Waals surface area contributed by atoms with Gasteiger partial charge in [0.25, 0.3) is 5.91 Å². The molecule has 3 N–H and O–H groups in total. The van der Waals surface area contributed by atoms with Crippen molar-refractivity contribution in [2.75, 3.05) is 5.32 Å². The molecule has 0 aromatic heterocycles. The van der Waals surface area contributed by atoms with Crippen LogP contribution >= 0.6 is 0 Å². The Morgan fingerprint density at radius 1 is 1.00 bits per heavy atom. The number of carboxylic acids is 1. The number of carbonyl (C=O) groups is 3. The number of hydrogen-bond donors (Lipinski definition) is 3. The van der Waals surface area contributed by atoms with Crippen LogP contribution in [-0.4, -0.2) is 28.9 Å². The Bertz CT molecular complexity index is 901. The molecule has 6 heteroatoms. The molecule has 6 nitrogen and oxygen atoms in total. The monoisotopic (exact) mass is 396 g/mol. The van der Waals surface area contributed by atoms with E-state index in [1.54, 1.807) is 56.3 Å². The van der Waals surface area contributed by atoms with Gasteiger partial charge in [0.15, 0.2) is 0 Å². The van der Waals surface area contributed by atoms with Crippen molar-refractivity contribution in [1.29, 1.82) is 0 Å². The molecular weight excluding hydrogens is 368 g/mol. The van der Waals surface area contributed by atoms with Crippen LogP contribution < -0.4 is 10.6 Å². The van der Waals surface area contributed by atoms with Gasteiger partial charge in [0.05, 0.1) is 5.41 Å². The van der Waals surface area contributed by atoms with Crippen molar-refractivity contribution in [3.05, 3.63) is 65.2 Å². The van der Waals surface area contributed by atoms with Gasteiger partial charge in [0.1, 0.15) is 6.04 Å². The lowest BCUT2D eigenvalue weighted by molar-refractivity contribution is -0.142. The van der Waals surface area contributed by atoms with E-state index in [9.17, 15) is 19.5 Å². The highest BCUT2D eigenvalue weighted by Gasteiger charge is 2.29. The summed E-state index contributed by atoms with van der Waals surface area (Å²) in [5.41, 5.74) is 1.62. The summed E-state index contributed by atoms with van der Waals surface area (Å²) in [6.45, 7) is 8.87. The van der Waals surface area contributed by atoms with Crippen LogP contribution in [0.2, 0.25) is 0 Å². The van der Waals surface area contributed by atoms with Crippen LogP contribution in [0.1, 0.15) is 49.2 Å². The second-order valence-electron chi connectivity index (χ2n) is 8.06. The average Bonchev–Trinajstić information content (AvgIpc) is 2.65. The molecule has 29 heavy (non-hydrogen) atoms. The minimum atomic E-state index is -1.02. The number of carbonyl (C=O) groups excluding carboxylic acids is 2. The zero-order valence-electron chi connectivity index (χ0n) is 17.4. The van der Waals surface area contributed by atoms with Crippen molar-refractivity contribution in [2.24, 2.45) is 5.92 Å². The first-order valence-corrected chi connectivity index (χ1v) is 9.54. The lowest BCUT2D eigenvalue weighted by Crippen LogP contribution is -2.47. The van der Waals surface area contributed by atoms with Crippen LogP contribution in [0.3, 0.4) is 0 Å². The number of amides is 2. The molecule has 0 heterocycles. The summed E-state index contributed by atoms with van der Waals surface area (Å²) in [6, 6.07) is 13.2. The van der Waals surface area contributed by atoms with E-state index in [-0.39, 0.29) is 17.7 Å². The molecule has 2 amide bonds. The number of rotatable bonds is 7. The predicted molar refractivity (Wildman–Crippen MR) is 113 cm³/mol. The van der Waals surface area contributed by atoms with Gasteiger partial charge in [-0.3, -0.25) is 14.4 Å². The zero-order chi connectivity index (χ0) is 21.8. The summed E-state index contributed by atoms with van der Waals surface area (Å²) in [6.07, 6.45) is 0. The van der Waals surface area contributed by atoms with Gasteiger partial charge in [-0.15, -0.1) is 0 Å². The largest absolute Gasteiger partial charge is 0.481 e. The number of benzene rings is 2. The Balaban J connectivity index is 2.11. The molecule has 0 saturated heterocycles. The molecule has 0 aliphatic heterocycles. The third kappa shape index (κ3) is 5.44. The van der Waals surface area contributed by atoms with Gasteiger partial charge in [-0.1, -0.05) is 43.7 Å². The maximum atomic E-state index is 12.8. The van der Waals surface area contributed by atoms with Gasteiger partial charge in [-0.2, -0.15) is 0 Å². The molecule has 0 bridgehead atoms. The summed E-state index contributed by atoms with van der Waals surface area (Å²) < 4.78 is 0. The van der Waals surface area contributed by atoms with E-state index in [1.807, 2.05) is 26.8 Å². The average molecular weight is 396 g/mol. The number of carboxylic acid groups (broad SMARTS) is 1. The second-order valence-corrected chi connectivity index (χ2v) is 8.06. The van der Waals surface area contributed by atoms with E-state index in [4.69, 9.17) is 0 Å². The van der Waals surface area contributed by atoms with Gasteiger partial charge in [0, 0.05) is 11.3 Å². The highest BCUT2D eigenvalue weighted by atomic mass is 16.4. The molecule has 1 unspecified atom stereocenters. The third-order valence-corrected chi connectivity index (χ3v) is 4.92. The summed E-state index contributed by atoms with van der Waals surface area (Å²) in [5, 5.41) is 14.9. The quantitative estimate of drug-likeness (QED) is 0.664. The molecule has 2 aromatic carbocycles. The maximum Gasteiger partial charge on any atom is 0.313 e. The Morgan fingerprint density at radius 3 is 2.14 bits per heavy atom. The molecule has 0 saturated carbocycles. The Labute approximate surface area is 171 Å². The molecule has 0 aliphatic carbocycles. The number of hydrogen-bond acceptors (Lipinski definition) is 3. The fraction of sp³-hybridized carbons (Fsp3) is 0.348. The normalized spacial score (nSPS) is 12.3. The van der Waals surface area contributed by atoms with Crippen molar-refractivity contribution in [3.8, 4) is 0 Å². The van der Waals surface area contributed by atoms with E-state index >= 15 is 0 Å². The van der Waals surface area contributed by atoms with Crippen LogP contribution in [0.5, 0.6) is 0 Å². The Kier molecular flexibility index (Phi) is 6.80. The summed E-state index contributed by atoms with van der Waals surface area (Å²) >= 11 is 0. The minimum Gasteiger partial charge on any atom is -0.481 e. The topological polar surface area (TPSA) is 95.5 Å². The number of aryl methyl sites for hydroxylation is 1. The summed E-state index contributed by atoms with van der Waals surface area (Å²) in [4.78, 5) is 36.7. The van der Waals surface area contributed by atoms with Gasteiger partial charge in [-0.05, 0) is 56.5 Å². The van der Waals surface area contributed by atoms with E-state index in [0.29, 0.717) is 16.8 Å². The smallest absolute Gasteiger partial charge is 0.313 e. The molecule has 0 fully saturated rings. The van der Waals surface area contributed by atoms with E-state index in [2.05, 4.69) is 10.6 Å². The van der Waals surface area contributed by atoms with Crippen LogP contribution in [0, 0.1) is 12.8 Å². The van der Waals surface area contributed by atoms with Crippen LogP contribution in [-0.2, 0) is 15.0 Å². The SMILES string of the molecule is Cc1cccc(C(=O)NC(C(=O)Nc2ccc(C(C)(C)C(=O)O)cc2)C(C)C)c1. The fourth-order valence-corrected chi connectivity index (χ4v) is 2.86. The molecule has 0 spiro atoms. The number of anilines is 1. The minimum absolute atomic E-state index is 0.117. The van der Waals surface area contributed by atoms with Crippen molar-refractivity contribution in [3.63, 3.8) is 0 Å². The van der Waals surface area contributed by atoms with Crippen molar-refractivity contribution >= 4 is 23.5 Å². The fourth-order valence-electron chi connectivity index (χ4n) is 2.86. The Morgan fingerprint density at radius 2 is 1.62 bits per heavy atom. The first kappa shape index (κ1) is 22.1. The molecule has 1 atom stereocenters. The van der Waals surface area contributed by atoms with Gasteiger partial charge in [-0.25, -0.2) is 0 Å². The van der Waals surface area contributed by atoms with E-state index < -0.39 is 17.4 Å². The molecular formula is C23H28N2O4. The van der Waals surface area contributed by atoms with Crippen LogP contribution in [0.15, 0.2) is 48.5 Å². The van der Waals surface area contributed by atoms with Gasteiger partial charge < -0.3 is 15.7 Å². The van der Waals surface area contributed by atoms with Crippen LogP contribution in [0.4, 0.5) is 5.69 Å². The van der Waals surface area contributed by atoms with Crippen LogP contribution in [0.25, 0.3) is 0 Å². The zero-order valence-corrected chi connectivity index (χ0v) is 17.4.